The van der Waals surface area contributed by atoms with E-state index in [0.29, 0.717) is 11.0 Å². The zero-order chi connectivity index (χ0) is 17.2. The van der Waals surface area contributed by atoms with Gasteiger partial charge in [-0.3, -0.25) is 4.79 Å². The van der Waals surface area contributed by atoms with Crippen LogP contribution in [-0.2, 0) is 14.2 Å². The van der Waals surface area contributed by atoms with Gasteiger partial charge in [0.1, 0.15) is 11.4 Å². The quantitative estimate of drug-likeness (QED) is 0.488. The first-order chi connectivity index (χ1) is 10.7. The first kappa shape index (κ1) is 17.3. The molecule has 0 radical (unpaired) electrons. The average molecular weight is 321 g/mol. The molecule has 0 spiro atoms. The van der Waals surface area contributed by atoms with Crippen LogP contribution < -0.4 is 15.5 Å². The van der Waals surface area contributed by atoms with Gasteiger partial charge in [-0.15, -0.1) is 0 Å². The van der Waals surface area contributed by atoms with Crippen molar-refractivity contribution in [3.05, 3.63) is 23.8 Å². The van der Waals surface area contributed by atoms with Gasteiger partial charge in [0.25, 0.3) is 0 Å². The number of carbonyl (C=O) groups excluding carboxylic acids is 2. The van der Waals surface area contributed by atoms with E-state index in [0.717, 1.165) is 0 Å². The summed E-state index contributed by atoms with van der Waals surface area (Å²) in [6.07, 6.45) is -1.12. The van der Waals surface area contributed by atoms with Crippen molar-refractivity contribution in [2.75, 3.05) is 6.54 Å². The number of alkyl carbamates (subject to hydrolysis) is 1. The third-order valence-corrected chi connectivity index (χ3v) is 3.07. The van der Waals surface area contributed by atoms with Crippen LogP contribution in [0.5, 0.6) is 5.75 Å². The van der Waals surface area contributed by atoms with Crippen molar-refractivity contribution in [1.82, 2.24) is 5.32 Å². The summed E-state index contributed by atoms with van der Waals surface area (Å²) in [6, 6.07) is 5.02. The van der Waals surface area contributed by atoms with E-state index in [1.165, 1.54) is 6.92 Å². The fraction of sp³-hybridized carbons (Fsp3) is 0.467. The van der Waals surface area contributed by atoms with Crippen LogP contribution in [0.2, 0.25) is 0 Å². The Morgan fingerprint density at radius 2 is 2.09 bits per heavy atom. The molecule has 124 valence electrons. The highest BCUT2D eigenvalue weighted by atomic mass is 16.6. The van der Waals surface area contributed by atoms with Crippen molar-refractivity contribution in [3.8, 4) is 5.75 Å². The predicted octanol–water partition coefficient (Wildman–Crippen LogP) is 0.895. The van der Waals surface area contributed by atoms with Crippen LogP contribution in [0.3, 0.4) is 0 Å². The van der Waals surface area contributed by atoms with E-state index in [9.17, 15) is 14.6 Å². The number of fused-ring (bicyclic) bond motifs is 1. The van der Waals surface area contributed by atoms with Crippen molar-refractivity contribution >= 4 is 24.6 Å². The summed E-state index contributed by atoms with van der Waals surface area (Å²) < 4.78 is 15.7. The van der Waals surface area contributed by atoms with E-state index in [4.69, 9.17) is 14.1 Å². The Hall–Kier alpha value is -2.06. The summed E-state index contributed by atoms with van der Waals surface area (Å²) in [4.78, 5) is 22.8. The van der Waals surface area contributed by atoms with Crippen LogP contribution in [0.1, 0.15) is 39.4 Å². The molecule has 1 heterocycles. The highest BCUT2D eigenvalue weighted by Gasteiger charge is 2.38. The van der Waals surface area contributed by atoms with E-state index in [-0.39, 0.29) is 12.3 Å². The van der Waals surface area contributed by atoms with Gasteiger partial charge in [0, 0.05) is 18.9 Å². The van der Waals surface area contributed by atoms with Gasteiger partial charge in [0.05, 0.1) is 6.10 Å². The van der Waals surface area contributed by atoms with Crippen molar-refractivity contribution in [3.63, 3.8) is 0 Å². The second kappa shape index (κ2) is 6.60. The standard InChI is InChI=1S/C15H20BNO6/c1-9(18)21-11-7-5-6-10-12(23-16(20)13(10)11)8-17-14(19)22-15(2,3)4/h5-7,12,20H,8H2,1-4H3,(H,17,19). The molecule has 0 aliphatic carbocycles. The summed E-state index contributed by atoms with van der Waals surface area (Å²) in [7, 11) is -1.22. The number of esters is 1. The zero-order valence-electron chi connectivity index (χ0n) is 13.6. The molecule has 1 aromatic carbocycles. The molecule has 7 nitrogen and oxygen atoms in total. The number of carbonyl (C=O) groups is 2. The molecule has 1 atom stereocenters. The Morgan fingerprint density at radius 1 is 1.39 bits per heavy atom. The second-order valence-corrected chi connectivity index (χ2v) is 6.21. The molecule has 8 heteroatoms. The van der Waals surface area contributed by atoms with Gasteiger partial charge < -0.3 is 24.5 Å². The smallest absolute Gasteiger partial charge is 0.444 e. The summed E-state index contributed by atoms with van der Waals surface area (Å²) in [5.74, 6) is -0.233. The van der Waals surface area contributed by atoms with Crippen molar-refractivity contribution in [2.45, 2.75) is 39.4 Å². The lowest BCUT2D eigenvalue weighted by Gasteiger charge is -2.21. The first-order valence-corrected chi connectivity index (χ1v) is 7.29. The molecule has 1 aliphatic rings. The van der Waals surface area contributed by atoms with Crippen LogP contribution in [0, 0.1) is 0 Å². The summed E-state index contributed by atoms with van der Waals surface area (Å²) in [6.45, 7) is 6.71. The molecule has 0 saturated heterocycles. The number of ether oxygens (including phenoxy) is 2. The second-order valence-electron chi connectivity index (χ2n) is 6.21. The normalized spacial score (nSPS) is 16.7. The number of nitrogens with one attached hydrogen (secondary N) is 1. The van der Waals surface area contributed by atoms with E-state index in [1.54, 1.807) is 39.0 Å². The third-order valence-electron chi connectivity index (χ3n) is 3.07. The lowest BCUT2D eigenvalue weighted by Crippen LogP contribution is -2.35. The minimum Gasteiger partial charge on any atom is -0.444 e. The Kier molecular flexibility index (Phi) is 4.96. The highest BCUT2D eigenvalue weighted by molar-refractivity contribution is 6.63. The lowest BCUT2D eigenvalue weighted by molar-refractivity contribution is -0.131. The maximum atomic E-state index is 11.7. The molecule has 0 aromatic heterocycles. The van der Waals surface area contributed by atoms with Gasteiger partial charge in [0.15, 0.2) is 0 Å². The molecule has 1 amide bonds. The van der Waals surface area contributed by atoms with Gasteiger partial charge in [-0.25, -0.2) is 4.79 Å². The molecule has 0 fully saturated rings. The van der Waals surface area contributed by atoms with Crippen LogP contribution in [-0.4, -0.2) is 36.4 Å². The topological polar surface area (TPSA) is 94.1 Å². The SMILES string of the molecule is CC(=O)Oc1cccc2c1B(O)OC2CNC(=O)OC(C)(C)C. The molecule has 1 unspecified atom stereocenters. The van der Waals surface area contributed by atoms with Crippen LogP contribution in [0.25, 0.3) is 0 Å². The fourth-order valence-electron chi connectivity index (χ4n) is 2.30. The Morgan fingerprint density at radius 3 is 2.70 bits per heavy atom. The molecule has 0 saturated carbocycles. The summed E-state index contributed by atoms with van der Waals surface area (Å²) >= 11 is 0. The number of rotatable bonds is 3. The summed E-state index contributed by atoms with van der Waals surface area (Å²) in [5.41, 5.74) is 0.464. The van der Waals surface area contributed by atoms with E-state index >= 15 is 0 Å². The van der Waals surface area contributed by atoms with Crippen LogP contribution >= 0.6 is 0 Å². The van der Waals surface area contributed by atoms with E-state index < -0.39 is 30.9 Å². The molecule has 0 bridgehead atoms. The molecule has 1 aliphatic heterocycles. The zero-order valence-corrected chi connectivity index (χ0v) is 13.6. The number of hydrogen-bond donors (Lipinski definition) is 2. The maximum absolute atomic E-state index is 11.7. The van der Waals surface area contributed by atoms with Crippen molar-refractivity contribution in [1.29, 1.82) is 0 Å². The van der Waals surface area contributed by atoms with Crippen molar-refractivity contribution < 1.29 is 28.7 Å². The summed E-state index contributed by atoms with van der Waals surface area (Å²) in [5, 5.41) is 12.6. The minimum atomic E-state index is -1.22. The molecular formula is C15H20BNO6. The van der Waals surface area contributed by atoms with Gasteiger partial charge >= 0.3 is 19.2 Å². The minimum absolute atomic E-state index is 0.127. The molecule has 23 heavy (non-hydrogen) atoms. The molecule has 1 aromatic rings. The highest BCUT2D eigenvalue weighted by Crippen LogP contribution is 2.27. The Labute approximate surface area is 135 Å². The first-order valence-electron chi connectivity index (χ1n) is 7.29. The third kappa shape index (κ3) is 4.46. The van der Waals surface area contributed by atoms with Gasteiger partial charge in [-0.2, -0.15) is 0 Å². The molecule has 2 rings (SSSR count). The van der Waals surface area contributed by atoms with Gasteiger partial charge in [-0.05, 0) is 32.4 Å². The van der Waals surface area contributed by atoms with Crippen molar-refractivity contribution in [2.24, 2.45) is 0 Å². The van der Waals surface area contributed by atoms with Crippen LogP contribution in [0.15, 0.2) is 18.2 Å². The number of benzene rings is 1. The number of hydrogen-bond acceptors (Lipinski definition) is 6. The average Bonchev–Trinajstić information content (AvgIpc) is 2.72. The Balaban J connectivity index is 2.08. The lowest BCUT2D eigenvalue weighted by atomic mass is 9.78. The Bertz CT molecular complexity index is 612. The largest absolute Gasteiger partial charge is 0.495 e. The molecular weight excluding hydrogens is 301 g/mol. The van der Waals surface area contributed by atoms with Crippen LogP contribution in [0.4, 0.5) is 4.79 Å². The number of amides is 1. The fourth-order valence-corrected chi connectivity index (χ4v) is 2.30. The monoisotopic (exact) mass is 321 g/mol. The van der Waals surface area contributed by atoms with Gasteiger partial charge in [-0.1, -0.05) is 12.1 Å². The molecule has 2 N–H and O–H groups in total. The predicted molar refractivity (Wildman–Crippen MR) is 83.4 cm³/mol. The van der Waals surface area contributed by atoms with Gasteiger partial charge in [0.2, 0.25) is 0 Å². The van der Waals surface area contributed by atoms with E-state index in [1.807, 2.05) is 0 Å². The maximum Gasteiger partial charge on any atom is 0.495 e. The van der Waals surface area contributed by atoms with E-state index in [2.05, 4.69) is 5.32 Å².